The zero-order chi connectivity index (χ0) is 17.4. The zero-order valence-electron chi connectivity index (χ0n) is 13.6. The molecular weight excluding hydrogens is 306 g/mol. The molecule has 0 fully saturated rings. The van der Waals surface area contributed by atoms with Crippen LogP contribution in [0, 0.1) is 0 Å². The quantitative estimate of drug-likeness (QED) is 0.819. The summed E-state index contributed by atoms with van der Waals surface area (Å²) in [6.07, 6.45) is 0. The number of benzene rings is 2. The number of methoxy groups -OCH3 is 1. The number of carbonyl (C=O) groups excluding carboxylic acids is 2. The van der Waals surface area contributed by atoms with Crippen LogP contribution in [0.5, 0.6) is 0 Å². The number of primary amides is 1. The van der Waals surface area contributed by atoms with Gasteiger partial charge < -0.3 is 20.7 Å². The molecule has 0 bridgehead atoms. The van der Waals surface area contributed by atoms with Crippen molar-refractivity contribution in [2.75, 3.05) is 25.6 Å². The van der Waals surface area contributed by atoms with Gasteiger partial charge in [0, 0.05) is 31.5 Å². The van der Waals surface area contributed by atoms with Crippen molar-refractivity contribution in [3.8, 4) is 0 Å². The summed E-state index contributed by atoms with van der Waals surface area (Å²) in [5.41, 5.74) is 7.21. The van der Waals surface area contributed by atoms with E-state index < -0.39 is 6.03 Å². The third-order valence-electron chi connectivity index (χ3n) is 3.47. The Hall–Kier alpha value is -2.86. The number of amides is 3. The highest BCUT2D eigenvalue weighted by Gasteiger charge is 2.16. The highest BCUT2D eigenvalue weighted by Crippen LogP contribution is 2.13. The van der Waals surface area contributed by atoms with Crippen molar-refractivity contribution in [1.29, 1.82) is 0 Å². The molecule has 6 heteroatoms. The van der Waals surface area contributed by atoms with Crippen molar-refractivity contribution < 1.29 is 14.3 Å². The first-order valence-electron chi connectivity index (χ1n) is 7.59. The number of nitrogens with two attached hydrogens (primary N) is 1. The predicted molar refractivity (Wildman–Crippen MR) is 92.7 cm³/mol. The van der Waals surface area contributed by atoms with Crippen molar-refractivity contribution >= 4 is 17.6 Å². The Kier molecular flexibility index (Phi) is 6.33. The number of carbonyl (C=O) groups is 2. The summed E-state index contributed by atoms with van der Waals surface area (Å²) >= 11 is 0. The molecule has 0 aliphatic carbocycles. The summed E-state index contributed by atoms with van der Waals surface area (Å²) in [4.78, 5) is 25.3. The van der Waals surface area contributed by atoms with Crippen LogP contribution in [0.1, 0.15) is 15.9 Å². The molecule has 6 nitrogen and oxygen atoms in total. The molecule has 3 amide bonds. The molecule has 0 aliphatic rings. The monoisotopic (exact) mass is 327 g/mol. The van der Waals surface area contributed by atoms with Gasteiger partial charge in [0.05, 0.1) is 6.61 Å². The molecule has 0 aliphatic heterocycles. The Morgan fingerprint density at radius 3 is 2.33 bits per heavy atom. The van der Waals surface area contributed by atoms with Crippen molar-refractivity contribution in [3.63, 3.8) is 0 Å². The van der Waals surface area contributed by atoms with E-state index in [4.69, 9.17) is 10.5 Å². The van der Waals surface area contributed by atoms with Crippen LogP contribution in [0.25, 0.3) is 0 Å². The molecule has 2 aromatic carbocycles. The number of hydrogen-bond acceptors (Lipinski definition) is 3. The van der Waals surface area contributed by atoms with Gasteiger partial charge >= 0.3 is 6.03 Å². The van der Waals surface area contributed by atoms with E-state index in [-0.39, 0.29) is 5.91 Å². The molecule has 3 N–H and O–H groups in total. The van der Waals surface area contributed by atoms with E-state index in [0.717, 1.165) is 5.56 Å². The minimum absolute atomic E-state index is 0.0958. The highest BCUT2D eigenvalue weighted by atomic mass is 16.5. The fraction of sp³-hybridized carbons (Fsp3) is 0.222. The Balaban J connectivity index is 2.12. The molecule has 0 heterocycles. The Morgan fingerprint density at radius 2 is 1.75 bits per heavy atom. The van der Waals surface area contributed by atoms with Gasteiger partial charge in [0.25, 0.3) is 5.91 Å². The standard InChI is InChI=1S/C18H21N3O3/c1-24-12-11-21(13-14-5-3-2-4-6-14)17(22)15-7-9-16(10-8-15)20-18(19)23/h2-10H,11-13H2,1H3,(H3,19,20,23). The van der Waals surface area contributed by atoms with Gasteiger partial charge in [-0.3, -0.25) is 4.79 Å². The molecule has 0 saturated heterocycles. The number of nitrogens with one attached hydrogen (secondary N) is 1. The van der Waals surface area contributed by atoms with Crippen LogP contribution in [-0.2, 0) is 11.3 Å². The lowest BCUT2D eigenvalue weighted by atomic mass is 10.1. The maximum Gasteiger partial charge on any atom is 0.316 e. The van der Waals surface area contributed by atoms with E-state index in [1.54, 1.807) is 36.3 Å². The second kappa shape index (κ2) is 8.69. The molecule has 126 valence electrons. The first-order valence-corrected chi connectivity index (χ1v) is 7.59. The molecule has 2 aromatic rings. The SMILES string of the molecule is COCCN(Cc1ccccc1)C(=O)c1ccc(NC(N)=O)cc1. The Morgan fingerprint density at radius 1 is 1.08 bits per heavy atom. The third kappa shape index (κ3) is 5.10. The van der Waals surface area contributed by atoms with Crippen LogP contribution in [0.4, 0.5) is 10.5 Å². The summed E-state index contributed by atoms with van der Waals surface area (Å²) in [5, 5.41) is 2.47. The maximum atomic E-state index is 12.7. The lowest BCUT2D eigenvalue weighted by Gasteiger charge is -2.23. The fourth-order valence-electron chi connectivity index (χ4n) is 2.28. The number of rotatable bonds is 7. The minimum Gasteiger partial charge on any atom is -0.383 e. The van der Waals surface area contributed by atoms with Gasteiger partial charge in [-0.15, -0.1) is 0 Å². The van der Waals surface area contributed by atoms with Crippen molar-refractivity contribution in [2.24, 2.45) is 5.73 Å². The molecule has 0 saturated carbocycles. The van der Waals surface area contributed by atoms with Crippen molar-refractivity contribution in [2.45, 2.75) is 6.54 Å². The summed E-state index contributed by atoms with van der Waals surface area (Å²) in [6.45, 7) is 1.45. The van der Waals surface area contributed by atoms with E-state index in [9.17, 15) is 9.59 Å². The van der Waals surface area contributed by atoms with E-state index in [1.165, 1.54) is 0 Å². The van der Waals surface area contributed by atoms with Gasteiger partial charge in [-0.1, -0.05) is 30.3 Å². The second-order valence-corrected chi connectivity index (χ2v) is 5.27. The van der Waals surface area contributed by atoms with Crippen LogP contribution in [0.2, 0.25) is 0 Å². The second-order valence-electron chi connectivity index (χ2n) is 5.27. The predicted octanol–water partition coefficient (Wildman–Crippen LogP) is 2.47. The minimum atomic E-state index is -0.639. The first kappa shape index (κ1) is 17.5. The molecule has 2 rings (SSSR count). The number of hydrogen-bond donors (Lipinski definition) is 2. The normalized spacial score (nSPS) is 10.2. The summed E-state index contributed by atoms with van der Waals surface area (Å²) in [6, 6.07) is 15.8. The number of urea groups is 1. The number of ether oxygens (including phenoxy) is 1. The molecule has 0 radical (unpaired) electrons. The van der Waals surface area contributed by atoms with Gasteiger partial charge in [-0.05, 0) is 29.8 Å². The van der Waals surface area contributed by atoms with Crippen LogP contribution in [-0.4, -0.2) is 37.1 Å². The smallest absolute Gasteiger partial charge is 0.316 e. The summed E-state index contributed by atoms with van der Waals surface area (Å²) in [5.74, 6) is -0.0958. The van der Waals surface area contributed by atoms with Crippen LogP contribution < -0.4 is 11.1 Å². The summed E-state index contributed by atoms with van der Waals surface area (Å²) < 4.78 is 5.10. The molecular formula is C18H21N3O3. The lowest BCUT2D eigenvalue weighted by molar-refractivity contribution is 0.0680. The lowest BCUT2D eigenvalue weighted by Crippen LogP contribution is -2.33. The molecule has 0 spiro atoms. The summed E-state index contributed by atoms with van der Waals surface area (Å²) in [7, 11) is 1.61. The van der Waals surface area contributed by atoms with Gasteiger partial charge in [-0.25, -0.2) is 4.79 Å². The average Bonchev–Trinajstić information content (AvgIpc) is 2.59. The van der Waals surface area contributed by atoms with Gasteiger partial charge in [0.2, 0.25) is 0 Å². The largest absolute Gasteiger partial charge is 0.383 e. The van der Waals surface area contributed by atoms with Crippen molar-refractivity contribution in [3.05, 3.63) is 65.7 Å². The Bertz CT molecular complexity index is 672. The van der Waals surface area contributed by atoms with E-state index >= 15 is 0 Å². The Labute approximate surface area is 141 Å². The number of anilines is 1. The van der Waals surface area contributed by atoms with E-state index in [0.29, 0.717) is 30.9 Å². The first-order chi connectivity index (χ1) is 11.6. The topological polar surface area (TPSA) is 84.7 Å². The maximum absolute atomic E-state index is 12.7. The molecule has 0 unspecified atom stereocenters. The fourth-order valence-corrected chi connectivity index (χ4v) is 2.28. The van der Waals surface area contributed by atoms with E-state index in [2.05, 4.69) is 5.32 Å². The molecule has 24 heavy (non-hydrogen) atoms. The molecule has 0 aromatic heterocycles. The average molecular weight is 327 g/mol. The third-order valence-corrected chi connectivity index (χ3v) is 3.47. The van der Waals surface area contributed by atoms with Gasteiger partial charge in [0.1, 0.15) is 0 Å². The van der Waals surface area contributed by atoms with Crippen LogP contribution in [0.3, 0.4) is 0 Å². The zero-order valence-corrected chi connectivity index (χ0v) is 13.6. The van der Waals surface area contributed by atoms with Gasteiger partial charge in [-0.2, -0.15) is 0 Å². The van der Waals surface area contributed by atoms with Crippen molar-refractivity contribution in [1.82, 2.24) is 4.90 Å². The van der Waals surface area contributed by atoms with Gasteiger partial charge in [0.15, 0.2) is 0 Å². The number of nitrogens with zero attached hydrogens (tertiary/aromatic N) is 1. The van der Waals surface area contributed by atoms with Crippen LogP contribution in [0.15, 0.2) is 54.6 Å². The van der Waals surface area contributed by atoms with Crippen LogP contribution >= 0.6 is 0 Å². The molecule has 0 atom stereocenters. The highest BCUT2D eigenvalue weighted by molar-refractivity contribution is 5.95. The van der Waals surface area contributed by atoms with E-state index in [1.807, 2.05) is 30.3 Å².